The average Bonchev–Trinajstić information content (AvgIpc) is 2.48. The molecule has 0 aromatic heterocycles. The summed E-state index contributed by atoms with van der Waals surface area (Å²) in [5.74, 6) is 6.65. The quantitative estimate of drug-likeness (QED) is 0.481. The first-order valence-electron chi connectivity index (χ1n) is 6.97. The third-order valence-corrected chi connectivity index (χ3v) is 4.46. The summed E-state index contributed by atoms with van der Waals surface area (Å²) in [5, 5.41) is 0. The number of rotatable bonds is 6. The lowest BCUT2D eigenvalue weighted by molar-refractivity contribution is 0.610. The van der Waals surface area contributed by atoms with Crippen LogP contribution in [0.25, 0.3) is 0 Å². The molecule has 0 fully saturated rings. The highest BCUT2D eigenvalue weighted by Crippen LogP contribution is 2.25. The fourth-order valence-electron chi connectivity index (χ4n) is 2.16. The zero-order valence-corrected chi connectivity index (χ0v) is 12.9. The van der Waals surface area contributed by atoms with E-state index in [9.17, 15) is 0 Å². The van der Waals surface area contributed by atoms with Crippen LogP contribution in [-0.2, 0) is 6.42 Å². The van der Waals surface area contributed by atoms with Crippen molar-refractivity contribution in [1.82, 2.24) is 5.43 Å². The minimum absolute atomic E-state index is 0.173. The Bertz CT molecular complexity index is 554. The second-order valence-electron chi connectivity index (χ2n) is 4.95. The summed E-state index contributed by atoms with van der Waals surface area (Å²) < 4.78 is 0. The van der Waals surface area contributed by atoms with Crippen LogP contribution >= 0.6 is 11.8 Å². The molecule has 0 saturated carbocycles. The van der Waals surface area contributed by atoms with Gasteiger partial charge < -0.3 is 0 Å². The van der Waals surface area contributed by atoms with E-state index in [0.29, 0.717) is 0 Å². The Kier molecular flexibility index (Phi) is 5.65. The molecule has 20 heavy (non-hydrogen) atoms. The summed E-state index contributed by atoms with van der Waals surface area (Å²) in [4.78, 5) is 1.29. The SMILES string of the molecule is CCc1cccc(C(CSc2cccc(C)c2)NN)c1. The van der Waals surface area contributed by atoms with Gasteiger partial charge in [0, 0.05) is 10.6 Å². The number of aryl methyl sites for hydroxylation is 2. The Morgan fingerprint density at radius 2 is 1.95 bits per heavy atom. The van der Waals surface area contributed by atoms with E-state index in [1.807, 2.05) is 11.8 Å². The molecule has 0 heterocycles. The molecule has 106 valence electrons. The van der Waals surface area contributed by atoms with Crippen LogP contribution in [0.3, 0.4) is 0 Å². The third-order valence-electron chi connectivity index (χ3n) is 3.37. The fourth-order valence-corrected chi connectivity index (χ4v) is 3.25. The van der Waals surface area contributed by atoms with Crippen LogP contribution in [0.5, 0.6) is 0 Å². The van der Waals surface area contributed by atoms with Crippen molar-refractivity contribution in [3.8, 4) is 0 Å². The highest BCUT2D eigenvalue weighted by molar-refractivity contribution is 7.99. The Morgan fingerprint density at radius 3 is 2.65 bits per heavy atom. The van der Waals surface area contributed by atoms with Gasteiger partial charge in [-0.15, -0.1) is 11.8 Å². The summed E-state index contributed by atoms with van der Waals surface area (Å²) in [5.41, 5.74) is 6.83. The summed E-state index contributed by atoms with van der Waals surface area (Å²) in [7, 11) is 0. The predicted molar refractivity (Wildman–Crippen MR) is 87.8 cm³/mol. The zero-order chi connectivity index (χ0) is 14.4. The molecule has 0 aliphatic carbocycles. The van der Waals surface area contributed by atoms with Gasteiger partial charge in [0.15, 0.2) is 0 Å². The van der Waals surface area contributed by atoms with Crippen molar-refractivity contribution >= 4 is 11.8 Å². The molecular weight excluding hydrogens is 264 g/mol. The van der Waals surface area contributed by atoms with Crippen LogP contribution in [0.2, 0.25) is 0 Å². The molecular formula is C17H22N2S. The molecule has 1 unspecified atom stereocenters. The molecule has 0 aliphatic heterocycles. The second kappa shape index (κ2) is 7.48. The number of nitrogens with two attached hydrogens (primary N) is 1. The van der Waals surface area contributed by atoms with Gasteiger partial charge in [-0.25, -0.2) is 0 Å². The van der Waals surface area contributed by atoms with Crippen LogP contribution in [0.15, 0.2) is 53.4 Å². The van der Waals surface area contributed by atoms with E-state index in [-0.39, 0.29) is 6.04 Å². The van der Waals surface area contributed by atoms with Gasteiger partial charge in [0.25, 0.3) is 0 Å². The molecule has 0 spiro atoms. The van der Waals surface area contributed by atoms with E-state index in [1.165, 1.54) is 21.6 Å². The van der Waals surface area contributed by atoms with Crippen LogP contribution in [0.4, 0.5) is 0 Å². The lowest BCUT2D eigenvalue weighted by atomic mass is 10.0. The van der Waals surface area contributed by atoms with E-state index in [4.69, 9.17) is 5.84 Å². The largest absolute Gasteiger partial charge is 0.271 e. The van der Waals surface area contributed by atoms with Gasteiger partial charge in [-0.05, 0) is 36.6 Å². The van der Waals surface area contributed by atoms with Gasteiger partial charge in [-0.2, -0.15) is 0 Å². The molecule has 0 saturated heterocycles. The number of thioether (sulfide) groups is 1. The number of hydrogen-bond donors (Lipinski definition) is 2. The van der Waals surface area contributed by atoms with Crippen LogP contribution < -0.4 is 11.3 Å². The topological polar surface area (TPSA) is 38.0 Å². The first-order chi connectivity index (χ1) is 9.72. The van der Waals surface area contributed by atoms with Crippen molar-refractivity contribution in [2.75, 3.05) is 5.75 Å². The third kappa shape index (κ3) is 4.10. The fraction of sp³-hybridized carbons (Fsp3) is 0.294. The van der Waals surface area contributed by atoms with Gasteiger partial charge in [-0.1, -0.05) is 48.9 Å². The molecule has 0 radical (unpaired) electrons. The predicted octanol–water partition coefficient (Wildman–Crippen LogP) is 3.85. The molecule has 2 rings (SSSR count). The molecule has 2 nitrogen and oxygen atoms in total. The maximum atomic E-state index is 5.73. The minimum Gasteiger partial charge on any atom is -0.271 e. The highest BCUT2D eigenvalue weighted by atomic mass is 32.2. The smallest absolute Gasteiger partial charge is 0.0554 e. The maximum absolute atomic E-state index is 5.73. The Hall–Kier alpha value is -1.29. The molecule has 0 bridgehead atoms. The van der Waals surface area contributed by atoms with E-state index in [2.05, 4.69) is 67.8 Å². The van der Waals surface area contributed by atoms with Gasteiger partial charge >= 0.3 is 0 Å². The zero-order valence-electron chi connectivity index (χ0n) is 12.1. The van der Waals surface area contributed by atoms with Crippen LogP contribution in [0, 0.1) is 6.92 Å². The summed E-state index contributed by atoms with van der Waals surface area (Å²) in [6.45, 7) is 4.29. The highest BCUT2D eigenvalue weighted by Gasteiger charge is 2.10. The molecule has 3 heteroatoms. The van der Waals surface area contributed by atoms with E-state index >= 15 is 0 Å². The molecule has 2 aromatic carbocycles. The molecule has 0 aliphatic rings. The van der Waals surface area contributed by atoms with E-state index < -0.39 is 0 Å². The second-order valence-corrected chi connectivity index (χ2v) is 6.04. The molecule has 1 atom stereocenters. The normalized spacial score (nSPS) is 12.3. The number of hydrogen-bond acceptors (Lipinski definition) is 3. The summed E-state index contributed by atoms with van der Waals surface area (Å²) in [6.07, 6.45) is 1.05. The first kappa shape index (κ1) is 15.1. The lowest BCUT2D eigenvalue weighted by Crippen LogP contribution is -2.29. The number of nitrogens with one attached hydrogen (secondary N) is 1. The monoisotopic (exact) mass is 286 g/mol. The Labute approximate surface area is 125 Å². The minimum atomic E-state index is 0.173. The Morgan fingerprint density at radius 1 is 1.15 bits per heavy atom. The van der Waals surface area contributed by atoms with Gasteiger partial charge in [0.1, 0.15) is 0 Å². The van der Waals surface area contributed by atoms with Gasteiger partial charge in [-0.3, -0.25) is 11.3 Å². The Balaban J connectivity index is 2.05. The first-order valence-corrected chi connectivity index (χ1v) is 7.96. The van der Waals surface area contributed by atoms with E-state index in [0.717, 1.165) is 12.2 Å². The maximum Gasteiger partial charge on any atom is 0.0554 e. The van der Waals surface area contributed by atoms with Crippen molar-refractivity contribution in [3.05, 3.63) is 65.2 Å². The van der Waals surface area contributed by atoms with Crippen molar-refractivity contribution in [2.45, 2.75) is 31.2 Å². The molecule has 2 aromatic rings. The molecule has 3 N–H and O–H groups in total. The summed E-state index contributed by atoms with van der Waals surface area (Å²) in [6, 6.07) is 17.4. The van der Waals surface area contributed by atoms with Crippen LogP contribution in [-0.4, -0.2) is 5.75 Å². The van der Waals surface area contributed by atoms with Gasteiger partial charge in [0.2, 0.25) is 0 Å². The standard InChI is InChI=1S/C17H22N2S/c1-3-14-7-5-8-15(11-14)17(19-18)12-20-16-9-4-6-13(2)10-16/h4-11,17,19H,3,12,18H2,1-2H3. The van der Waals surface area contributed by atoms with E-state index in [1.54, 1.807) is 0 Å². The average molecular weight is 286 g/mol. The van der Waals surface area contributed by atoms with Crippen molar-refractivity contribution < 1.29 is 0 Å². The van der Waals surface area contributed by atoms with Crippen LogP contribution in [0.1, 0.15) is 29.7 Å². The van der Waals surface area contributed by atoms with Crippen molar-refractivity contribution in [2.24, 2.45) is 5.84 Å². The van der Waals surface area contributed by atoms with Gasteiger partial charge in [0.05, 0.1) is 6.04 Å². The summed E-state index contributed by atoms with van der Waals surface area (Å²) >= 11 is 1.83. The number of benzene rings is 2. The number of hydrazine groups is 1. The lowest BCUT2D eigenvalue weighted by Gasteiger charge is -2.17. The van der Waals surface area contributed by atoms with Crippen molar-refractivity contribution in [1.29, 1.82) is 0 Å². The van der Waals surface area contributed by atoms with Crippen molar-refractivity contribution in [3.63, 3.8) is 0 Å². The molecule has 0 amide bonds.